The van der Waals surface area contributed by atoms with Gasteiger partial charge in [0.2, 0.25) is 0 Å². The molecule has 0 atom stereocenters. The molecule has 0 radical (unpaired) electrons. The lowest BCUT2D eigenvalue weighted by atomic mass is 9.91. The van der Waals surface area contributed by atoms with Crippen molar-refractivity contribution < 1.29 is 0 Å². The van der Waals surface area contributed by atoms with Crippen LogP contribution in [0.4, 0.5) is 5.82 Å². The summed E-state index contributed by atoms with van der Waals surface area (Å²) in [7, 11) is 0. The summed E-state index contributed by atoms with van der Waals surface area (Å²) in [6.07, 6.45) is 0. The van der Waals surface area contributed by atoms with E-state index < -0.39 is 5.56 Å². The second-order valence-electron chi connectivity index (χ2n) is 5.19. The van der Waals surface area contributed by atoms with Gasteiger partial charge in [0, 0.05) is 5.56 Å². The molecule has 0 aliphatic heterocycles. The maximum Gasteiger partial charge on any atom is 0.268 e. The minimum absolute atomic E-state index is 0.0313. The predicted molar refractivity (Wildman–Crippen MR) is 88.6 cm³/mol. The normalized spacial score (nSPS) is 10.2. The fourth-order valence-electron chi connectivity index (χ4n) is 2.78. The van der Waals surface area contributed by atoms with Crippen molar-refractivity contribution in [2.24, 2.45) is 0 Å². The number of aromatic nitrogens is 1. The largest absolute Gasteiger partial charge is 0.384 e. The van der Waals surface area contributed by atoms with Crippen molar-refractivity contribution in [1.82, 2.24) is 4.98 Å². The minimum Gasteiger partial charge on any atom is -0.384 e. The zero-order valence-electron chi connectivity index (χ0n) is 12.3. The number of aromatic amines is 1. The number of nitrogens with two attached hydrogens (primary N) is 1. The summed E-state index contributed by atoms with van der Waals surface area (Å²) in [4.78, 5) is 14.4. The van der Waals surface area contributed by atoms with Gasteiger partial charge in [-0.3, -0.25) is 4.79 Å². The maximum absolute atomic E-state index is 12.1. The van der Waals surface area contributed by atoms with Crippen molar-refractivity contribution in [3.8, 4) is 23.3 Å². The first-order valence-electron chi connectivity index (χ1n) is 6.93. The number of H-pyrrole nitrogens is 1. The number of nitrogens with zero attached hydrogens (tertiary/aromatic N) is 2. The molecule has 5 nitrogen and oxygen atoms in total. The summed E-state index contributed by atoms with van der Waals surface area (Å²) < 4.78 is 0. The highest BCUT2D eigenvalue weighted by molar-refractivity contribution is 6.01. The zero-order valence-corrected chi connectivity index (χ0v) is 12.3. The minimum atomic E-state index is -0.594. The van der Waals surface area contributed by atoms with Crippen LogP contribution in [0.2, 0.25) is 0 Å². The maximum atomic E-state index is 12.1. The smallest absolute Gasteiger partial charge is 0.268 e. The van der Waals surface area contributed by atoms with Gasteiger partial charge >= 0.3 is 0 Å². The average molecular weight is 300 g/mol. The SMILES string of the molecule is Cc1ccc(-c2c(C#N)c(N)[nH]c(=O)c2C#N)c2ccccc12. The van der Waals surface area contributed by atoms with Crippen LogP contribution in [0.3, 0.4) is 0 Å². The van der Waals surface area contributed by atoms with Crippen LogP contribution in [0.1, 0.15) is 16.7 Å². The molecule has 3 aromatic rings. The van der Waals surface area contributed by atoms with E-state index in [0.717, 1.165) is 16.3 Å². The van der Waals surface area contributed by atoms with Crippen molar-refractivity contribution in [3.05, 3.63) is 63.4 Å². The molecule has 110 valence electrons. The van der Waals surface area contributed by atoms with Crippen LogP contribution in [0, 0.1) is 29.6 Å². The molecule has 2 aromatic carbocycles. The number of fused-ring (bicyclic) bond motifs is 1. The lowest BCUT2D eigenvalue weighted by Gasteiger charge is -2.13. The van der Waals surface area contributed by atoms with Crippen molar-refractivity contribution >= 4 is 16.6 Å². The first-order valence-corrected chi connectivity index (χ1v) is 6.93. The van der Waals surface area contributed by atoms with Gasteiger partial charge in [0.15, 0.2) is 0 Å². The molecule has 0 aliphatic carbocycles. The van der Waals surface area contributed by atoms with Crippen molar-refractivity contribution in [2.45, 2.75) is 6.92 Å². The Balaban J connectivity index is 2.56. The Bertz CT molecular complexity index is 1080. The van der Waals surface area contributed by atoms with E-state index in [1.807, 2.05) is 55.5 Å². The molecule has 0 amide bonds. The van der Waals surface area contributed by atoms with Crippen LogP contribution in [0.25, 0.3) is 21.9 Å². The van der Waals surface area contributed by atoms with E-state index in [9.17, 15) is 15.3 Å². The highest BCUT2D eigenvalue weighted by atomic mass is 16.1. The lowest BCUT2D eigenvalue weighted by Crippen LogP contribution is -2.16. The standard InChI is InChI=1S/C18H12N4O/c1-10-6-7-13(12-5-3-2-4-11(10)12)16-14(8-19)17(21)22-18(23)15(16)9-20/h2-7H,1H3,(H3,21,22,23). The van der Waals surface area contributed by atoms with Gasteiger partial charge in [0.05, 0.1) is 0 Å². The quantitative estimate of drug-likeness (QED) is 0.720. The summed E-state index contributed by atoms with van der Waals surface area (Å²) >= 11 is 0. The van der Waals surface area contributed by atoms with Crippen LogP contribution in [-0.4, -0.2) is 4.98 Å². The van der Waals surface area contributed by atoms with Crippen LogP contribution in [-0.2, 0) is 0 Å². The van der Waals surface area contributed by atoms with Gasteiger partial charge in [0.25, 0.3) is 5.56 Å². The summed E-state index contributed by atoms with van der Waals surface area (Å²) in [6.45, 7) is 1.98. The number of nitrogens with one attached hydrogen (secondary N) is 1. The Labute approximate surface area is 132 Å². The monoisotopic (exact) mass is 300 g/mol. The number of hydrogen-bond donors (Lipinski definition) is 2. The molecule has 3 rings (SSSR count). The van der Waals surface area contributed by atoms with Crippen molar-refractivity contribution in [3.63, 3.8) is 0 Å². The number of nitrogen functional groups attached to an aromatic ring is 1. The van der Waals surface area contributed by atoms with Gasteiger partial charge in [-0.25, -0.2) is 0 Å². The van der Waals surface area contributed by atoms with Crippen molar-refractivity contribution in [2.75, 3.05) is 5.73 Å². The molecule has 0 fully saturated rings. The topological polar surface area (TPSA) is 106 Å². The Morgan fingerprint density at radius 1 is 1.00 bits per heavy atom. The second kappa shape index (κ2) is 5.32. The molecule has 5 heteroatoms. The summed E-state index contributed by atoms with van der Waals surface area (Å²) in [5, 5.41) is 20.7. The number of anilines is 1. The van der Waals surface area contributed by atoms with Crippen LogP contribution in [0.15, 0.2) is 41.2 Å². The molecule has 0 bridgehead atoms. The van der Waals surface area contributed by atoms with Gasteiger partial charge in [-0.2, -0.15) is 10.5 Å². The van der Waals surface area contributed by atoms with Gasteiger partial charge < -0.3 is 10.7 Å². The summed E-state index contributed by atoms with van der Waals surface area (Å²) in [5.74, 6) is -0.0313. The van der Waals surface area contributed by atoms with Gasteiger partial charge in [-0.15, -0.1) is 0 Å². The first-order chi connectivity index (χ1) is 11.1. The Kier molecular flexibility index (Phi) is 3.33. The number of aryl methyl sites for hydroxylation is 1. The fraction of sp³-hybridized carbons (Fsp3) is 0.0556. The number of hydrogen-bond acceptors (Lipinski definition) is 4. The predicted octanol–water partition coefficient (Wildman–Crippen LogP) is 2.83. The van der Waals surface area contributed by atoms with E-state index in [1.54, 1.807) is 0 Å². The van der Waals surface area contributed by atoms with Gasteiger partial charge in [-0.05, 0) is 28.8 Å². The van der Waals surface area contributed by atoms with E-state index in [4.69, 9.17) is 5.73 Å². The molecular weight excluding hydrogens is 288 g/mol. The molecule has 0 spiro atoms. The Morgan fingerprint density at radius 3 is 2.30 bits per heavy atom. The third-order valence-electron chi connectivity index (χ3n) is 3.88. The molecular formula is C18H12N4O. The molecule has 0 saturated heterocycles. The molecule has 3 N–H and O–H groups in total. The van der Waals surface area contributed by atoms with E-state index >= 15 is 0 Å². The summed E-state index contributed by atoms with van der Waals surface area (Å²) in [5.41, 5.74) is 7.19. The first kappa shape index (κ1) is 14.4. The Morgan fingerprint density at radius 2 is 1.65 bits per heavy atom. The highest BCUT2D eigenvalue weighted by Gasteiger charge is 2.19. The molecule has 23 heavy (non-hydrogen) atoms. The number of nitriles is 2. The number of pyridine rings is 1. The van der Waals surface area contributed by atoms with E-state index in [2.05, 4.69) is 4.98 Å². The average Bonchev–Trinajstić information content (AvgIpc) is 2.55. The fourth-order valence-corrected chi connectivity index (χ4v) is 2.78. The van der Waals surface area contributed by atoms with Gasteiger partial charge in [0.1, 0.15) is 29.1 Å². The highest BCUT2D eigenvalue weighted by Crippen LogP contribution is 2.34. The molecule has 1 aromatic heterocycles. The van der Waals surface area contributed by atoms with Crippen LogP contribution < -0.4 is 11.3 Å². The third-order valence-corrected chi connectivity index (χ3v) is 3.88. The van der Waals surface area contributed by atoms with Gasteiger partial charge in [-0.1, -0.05) is 36.4 Å². The molecule has 0 aliphatic rings. The lowest BCUT2D eigenvalue weighted by molar-refractivity contribution is 1.21. The third kappa shape index (κ3) is 2.12. The molecule has 0 unspecified atom stereocenters. The van der Waals surface area contributed by atoms with E-state index in [0.29, 0.717) is 5.56 Å². The summed E-state index contributed by atoms with van der Waals surface area (Å²) in [6, 6.07) is 15.3. The molecule has 1 heterocycles. The van der Waals surface area contributed by atoms with Crippen molar-refractivity contribution in [1.29, 1.82) is 10.5 Å². The van der Waals surface area contributed by atoms with Crippen LogP contribution >= 0.6 is 0 Å². The Hall–Kier alpha value is -3.57. The number of benzene rings is 2. The number of rotatable bonds is 1. The zero-order chi connectivity index (χ0) is 16.6. The van der Waals surface area contributed by atoms with E-state index in [-0.39, 0.29) is 22.5 Å². The van der Waals surface area contributed by atoms with Crippen LogP contribution in [0.5, 0.6) is 0 Å². The van der Waals surface area contributed by atoms with E-state index in [1.165, 1.54) is 0 Å². The molecule has 0 saturated carbocycles. The second-order valence-corrected chi connectivity index (χ2v) is 5.19.